The zero-order valence-corrected chi connectivity index (χ0v) is 11.9. The summed E-state index contributed by atoms with van der Waals surface area (Å²) in [6.45, 7) is 0. The molecule has 1 N–H and O–H groups in total. The van der Waals surface area contributed by atoms with Crippen LogP contribution >= 0.6 is 0 Å². The third-order valence-electron chi connectivity index (χ3n) is 3.07. The first-order valence-corrected chi connectivity index (χ1v) is 6.24. The maximum Gasteiger partial charge on any atom is 0.203 e. The van der Waals surface area contributed by atoms with Crippen LogP contribution in [0.4, 0.5) is 0 Å². The quantitative estimate of drug-likeness (QED) is 0.790. The summed E-state index contributed by atoms with van der Waals surface area (Å²) in [5.41, 5.74) is 1.98. The van der Waals surface area contributed by atoms with E-state index in [-0.39, 0.29) is 0 Å². The van der Waals surface area contributed by atoms with E-state index in [4.69, 9.17) is 14.2 Å². The van der Waals surface area contributed by atoms with Gasteiger partial charge >= 0.3 is 0 Å². The molecular formula is C14H14N4O3. The van der Waals surface area contributed by atoms with Crippen LogP contribution in [0.3, 0.4) is 0 Å². The normalized spacial score (nSPS) is 10.6. The van der Waals surface area contributed by atoms with Gasteiger partial charge in [0, 0.05) is 18.0 Å². The average molecular weight is 286 g/mol. The number of nitrogens with zero attached hydrogens (tertiary/aromatic N) is 3. The predicted molar refractivity (Wildman–Crippen MR) is 76.8 cm³/mol. The number of methoxy groups -OCH3 is 3. The van der Waals surface area contributed by atoms with Gasteiger partial charge in [-0.25, -0.2) is 15.0 Å². The summed E-state index contributed by atoms with van der Waals surface area (Å²) >= 11 is 0. The second-order valence-electron chi connectivity index (χ2n) is 4.23. The minimum atomic E-state index is 0.538. The molecule has 3 aromatic rings. The molecule has 0 fully saturated rings. The molecule has 7 heteroatoms. The summed E-state index contributed by atoms with van der Waals surface area (Å²) < 4.78 is 16.0. The zero-order chi connectivity index (χ0) is 14.8. The fourth-order valence-electron chi connectivity index (χ4n) is 2.10. The second-order valence-corrected chi connectivity index (χ2v) is 4.23. The summed E-state index contributed by atoms with van der Waals surface area (Å²) in [4.78, 5) is 15.9. The maximum absolute atomic E-state index is 5.34. The van der Waals surface area contributed by atoms with Crippen LogP contribution in [0.1, 0.15) is 0 Å². The molecular weight excluding hydrogens is 272 g/mol. The molecule has 0 aliphatic heterocycles. The van der Waals surface area contributed by atoms with Gasteiger partial charge in [0.1, 0.15) is 5.82 Å². The minimum absolute atomic E-state index is 0.538. The lowest BCUT2D eigenvalue weighted by atomic mass is 10.1. The topological polar surface area (TPSA) is 82.2 Å². The van der Waals surface area contributed by atoms with E-state index < -0.39 is 0 Å². The molecule has 0 saturated heterocycles. The van der Waals surface area contributed by atoms with Gasteiger partial charge in [-0.15, -0.1) is 0 Å². The summed E-state index contributed by atoms with van der Waals surface area (Å²) in [5, 5.41) is 0. The minimum Gasteiger partial charge on any atom is -0.493 e. The van der Waals surface area contributed by atoms with Crippen molar-refractivity contribution < 1.29 is 14.2 Å². The van der Waals surface area contributed by atoms with E-state index in [1.165, 1.54) is 0 Å². The number of nitrogens with one attached hydrogen (secondary N) is 1. The summed E-state index contributed by atoms with van der Waals surface area (Å²) in [6, 6.07) is 3.64. The number of rotatable bonds is 4. The maximum atomic E-state index is 5.34. The molecule has 0 aliphatic rings. The molecule has 0 aliphatic carbocycles. The molecule has 0 spiro atoms. The molecule has 1 aromatic carbocycles. The first kappa shape index (κ1) is 13.2. The average Bonchev–Trinajstić information content (AvgIpc) is 2.97. The van der Waals surface area contributed by atoms with Gasteiger partial charge in [0.2, 0.25) is 5.75 Å². The highest BCUT2D eigenvalue weighted by atomic mass is 16.5. The van der Waals surface area contributed by atoms with E-state index in [9.17, 15) is 0 Å². The van der Waals surface area contributed by atoms with Gasteiger partial charge < -0.3 is 19.2 Å². The van der Waals surface area contributed by atoms with E-state index in [2.05, 4.69) is 19.9 Å². The van der Waals surface area contributed by atoms with E-state index in [1.807, 2.05) is 12.1 Å². The number of aromatic nitrogens is 4. The molecule has 0 atom stereocenters. The Hall–Kier alpha value is -2.83. The van der Waals surface area contributed by atoms with Gasteiger partial charge in [0.05, 0.1) is 21.3 Å². The second kappa shape index (κ2) is 5.28. The number of H-pyrrole nitrogens is 1. The van der Waals surface area contributed by atoms with Crippen molar-refractivity contribution in [1.29, 1.82) is 0 Å². The standard InChI is InChI=1S/C14H14N4O3/c1-19-9-6-8(7-10(20-2)11(9)21-3)12-17-13-14(18-12)16-5-4-15-13/h4-7H,1-3H3,(H,15,16,17,18). The Bertz CT molecular complexity index is 727. The first-order valence-electron chi connectivity index (χ1n) is 6.24. The molecule has 0 amide bonds. The summed E-state index contributed by atoms with van der Waals surface area (Å²) in [7, 11) is 4.71. The third kappa shape index (κ3) is 2.22. The molecule has 0 unspecified atom stereocenters. The van der Waals surface area contributed by atoms with E-state index in [1.54, 1.807) is 33.7 Å². The number of fused-ring (bicyclic) bond motifs is 1. The molecule has 0 radical (unpaired) electrons. The Morgan fingerprint density at radius 2 is 1.57 bits per heavy atom. The lowest BCUT2D eigenvalue weighted by Crippen LogP contribution is -1.96. The van der Waals surface area contributed by atoms with Crippen LogP contribution in [0, 0.1) is 0 Å². The van der Waals surface area contributed by atoms with Crippen LogP contribution < -0.4 is 14.2 Å². The van der Waals surface area contributed by atoms with Crippen molar-refractivity contribution in [1.82, 2.24) is 19.9 Å². The van der Waals surface area contributed by atoms with Gasteiger partial charge in [-0.3, -0.25) is 0 Å². The predicted octanol–water partition coefficient (Wildman–Crippen LogP) is 2.05. The van der Waals surface area contributed by atoms with Crippen molar-refractivity contribution in [3.05, 3.63) is 24.5 Å². The number of aromatic amines is 1. The van der Waals surface area contributed by atoms with Crippen LogP contribution in [-0.2, 0) is 0 Å². The highest BCUT2D eigenvalue weighted by Crippen LogP contribution is 2.40. The Morgan fingerprint density at radius 1 is 0.905 bits per heavy atom. The van der Waals surface area contributed by atoms with E-state index >= 15 is 0 Å². The number of benzene rings is 1. The van der Waals surface area contributed by atoms with Crippen LogP contribution in [-0.4, -0.2) is 41.3 Å². The van der Waals surface area contributed by atoms with E-state index in [0.717, 1.165) is 5.56 Å². The summed E-state index contributed by atoms with van der Waals surface area (Å²) in [6.07, 6.45) is 3.21. The largest absolute Gasteiger partial charge is 0.493 e. The number of hydrogen-bond donors (Lipinski definition) is 1. The monoisotopic (exact) mass is 286 g/mol. The van der Waals surface area contributed by atoms with Crippen molar-refractivity contribution >= 4 is 11.3 Å². The lowest BCUT2D eigenvalue weighted by molar-refractivity contribution is 0.324. The fraction of sp³-hybridized carbons (Fsp3) is 0.214. The van der Waals surface area contributed by atoms with Crippen molar-refractivity contribution in [2.75, 3.05) is 21.3 Å². The molecule has 2 aromatic heterocycles. The third-order valence-corrected chi connectivity index (χ3v) is 3.07. The molecule has 108 valence electrons. The van der Waals surface area contributed by atoms with Crippen molar-refractivity contribution in [2.24, 2.45) is 0 Å². The fourth-order valence-corrected chi connectivity index (χ4v) is 2.10. The van der Waals surface area contributed by atoms with Crippen LogP contribution in [0.2, 0.25) is 0 Å². The van der Waals surface area contributed by atoms with Crippen LogP contribution in [0.15, 0.2) is 24.5 Å². The Labute approximate surface area is 120 Å². The Kier molecular flexibility index (Phi) is 3.31. The van der Waals surface area contributed by atoms with Gasteiger partial charge in [0.15, 0.2) is 22.8 Å². The van der Waals surface area contributed by atoms with Gasteiger partial charge in [0.25, 0.3) is 0 Å². The van der Waals surface area contributed by atoms with Gasteiger partial charge in [-0.05, 0) is 12.1 Å². The van der Waals surface area contributed by atoms with Crippen LogP contribution in [0.5, 0.6) is 17.2 Å². The molecule has 7 nitrogen and oxygen atoms in total. The number of imidazole rings is 1. The lowest BCUT2D eigenvalue weighted by Gasteiger charge is -2.13. The molecule has 0 bridgehead atoms. The van der Waals surface area contributed by atoms with Crippen molar-refractivity contribution in [3.8, 4) is 28.6 Å². The Balaban J connectivity index is 2.17. The zero-order valence-electron chi connectivity index (χ0n) is 11.9. The summed E-state index contributed by atoms with van der Waals surface area (Å²) in [5.74, 6) is 2.30. The van der Waals surface area contributed by atoms with Gasteiger partial charge in [-0.2, -0.15) is 0 Å². The number of ether oxygens (including phenoxy) is 3. The number of hydrogen-bond acceptors (Lipinski definition) is 6. The van der Waals surface area contributed by atoms with Crippen molar-refractivity contribution in [3.63, 3.8) is 0 Å². The molecule has 0 saturated carbocycles. The SMILES string of the molecule is COc1cc(-c2nc3nccnc3[nH]2)cc(OC)c1OC. The molecule has 2 heterocycles. The smallest absolute Gasteiger partial charge is 0.203 e. The molecule has 21 heavy (non-hydrogen) atoms. The van der Waals surface area contributed by atoms with Crippen LogP contribution in [0.25, 0.3) is 22.7 Å². The molecule has 3 rings (SSSR count). The van der Waals surface area contributed by atoms with Crippen molar-refractivity contribution in [2.45, 2.75) is 0 Å². The van der Waals surface area contributed by atoms with Gasteiger partial charge in [-0.1, -0.05) is 0 Å². The highest BCUT2D eigenvalue weighted by molar-refractivity contribution is 5.74. The Morgan fingerprint density at radius 3 is 2.14 bits per heavy atom. The highest BCUT2D eigenvalue weighted by Gasteiger charge is 2.16. The first-order chi connectivity index (χ1) is 10.3. The van der Waals surface area contributed by atoms with E-state index in [0.29, 0.717) is 34.4 Å².